The van der Waals surface area contributed by atoms with Crippen molar-refractivity contribution < 1.29 is 14.6 Å². The molecule has 0 radical (unpaired) electrons. The lowest BCUT2D eigenvalue weighted by Crippen LogP contribution is -2.42. The second-order valence-electron chi connectivity index (χ2n) is 3.68. The van der Waals surface area contributed by atoms with Crippen molar-refractivity contribution in [3.63, 3.8) is 0 Å². The lowest BCUT2D eigenvalue weighted by atomic mass is 9.99. The molecule has 2 N–H and O–H groups in total. The summed E-state index contributed by atoms with van der Waals surface area (Å²) in [5.41, 5.74) is 0. The lowest BCUT2D eigenvalue weighted by Gasteiger charge is -2.23. The van der Waals surface area contributed by atoms with Gasteiger partial charge in [0, 0.05) is 19.1 Å². The van der Waals surface area contributed by atoms with E-state index in [1.54, 1.807) is 0 Å². The summed E-state index contributed by atoms with van der Waals surface area (Å²) in [5.74, 6) is 0.138. The number of carbonyl (C=O) groups is 1. The number of nitrogens with one attached hydrogen (secondary N) is 1. The minimum absolute atomic E-state index is 0.0193. The summed E-state index contributed by atoms with van der Waals surface area (Å²) < 4.78 is 5.18. The van der Waals surface area contributed by atoms with Gasteiger partial charge in [-0.3, -0.25) is 4.79 Å². The molecule has 1 aliphatic rings. The number of aliphatic hydroxyl groups excluding tert-OH is 1. The Labute approximate surface area is 84.6 Å². The van der Waals surface area contributed by atoms with E-state index in [1.807, 2.05) is 6.92 Å². The molecule has 0 bridgehead atoms. The van der Waals surface area contributed by atoms with Crippen LogP contribution in [0.15, 0.2) is 0 Å². The zero-order valence-electron chi connectivity index (χ0n) is 8.66. The van der Waals surface area contributed by atoms with E-state index in [-0.39, 0.29) is 24.5 Å². The van der Waals surface area contributed by atoms with E-state index in [0.717, 1.165) is 19.3 Å². The van der Waals surface area contributed by atoms with Gasteiger partial charge in [-0.2, -0.15) is 0 Å². The third kappa shape index (κ3) is 3.27. The molecular formula is C10H19NO3. The molecule has 1 rings (SSSR count). The van der Waals surface area contributed by atoms with E-state index in [4.69, 9.17) is 9.84 Å². The summed E-state index contributed by atoms with van der Waals surface area (Å²) in [6, 6.07) is -0.0923. The number of rotatable bonds is 4. The molecule has 4 heteroatoms. The number of aliphatic hydroxyl groups is 1. The molecule has 0 aromatic carbocycles. The lowest BCUT2D eigenvalue weighted by molar-refractivity contribution is -0.128. The second-order valence-corrected chi connectivity index (χ2v) is 3.68. The standard InChI is InChI=1S/C10H19NO3/c1-2-9(7-12)11-10(13)8-3-5-14-6-4-8/h8-9,12H,2-7H2,1H3,(H,11,13)/t9-/m1/s1. The number of hydrogen-bond acceptors (Lipinski definition) is 3. The number of ether oxygens (including phenoxy) is 1. The SMILES string of the molecule is CC[C@H](CO)NC(=O)C1CCOCC1. The molecule has 0 aromatic rings. The van der Waals surface area contributed by atoms with Gasteiger partial charge in [-0.05, 0) is 19.3 Å². The summed E-state index contributed by atoms with van der Waals surface area (Å²) in [7, 11) is 0. The van der Waals surface area contributed by atoms with Crippen molar-refractivity contribution in [2.45, 2.75) is 32.2 Å². The molecule has 1 saturated heterocycles. The fourth-order valence-corrected chi connectivity index (χ4v) is 1.56. The van der Waals surface area contributed by atoms with Crippen molar-refractivity contribution in [3.05, 3.63) is 0 Å². The maximum Gasteiger partial charge on any atom is 0.223 e. The molecule has 82 valence electrons. The van der Waals surface area contributed by atoms with Gasteiger partial charge in [0.1, 0.15) is 0 Å². The molecule has 0 unspecified atom stereocenters. The monoisotopic (exact) mass is 201 g/mol. The predicted octanol–water partition coefficient (Wildman–Crippen LogP) is 0.300. The summed E-state index contributed by atoms with van der Waals surface area (Å²) >= 11 is 0. The first kappa shape index (κ1) is 11.5. The highest BCUT2D eigenvalue weighted by Crippen LogP contribution is 2.14. The van der Waals surface area contributed by atoms with Crippen LogP contribution in [-0.2, 0) is 9.53 Å². The topological polar surface area (TPSA) is 58.6 Å². The number of amides is 1. The number of hydrogen-bond donors (Lipinski definition) is 2. The first-order valence-corrected chi connectivity index (χ1v) is 5.27. The molecule has 14 heavy (non-hydrogen) atoms. The molecule has 4 nitrogen and oxygen atoms in total. The highest BCUT2D eigenvalue weighted by molar-refractivity contribution is 5.79. The van der Waals surface area contributed by atoms with E-state index < -0.39 is 0 Å². The predicted molar refractivity (Wildman–Crippen MR) is 52.9 cm³/mol. The highest BCUT2D eigenvalue weighted by atomic mass is 16.5. The van der Waals surface area contributed by atoms with E-state index in [0.29, 0.717) is 13.2 Å². The first-order chi connectivity index (χ1) is 6.77. The average molecular weight is 201 g/mol. The molecule has 0 aromatic heterocycles. The Morgan fingerprint density at radius 2 is 2.21 bits per heavy atom. The normalized spacial score (nSPS) is 20.4. The van der Waals surface area contributed by atoms with Crippen LogP contribution in [0, 0.1) is 5.92 Å². The van der Waals surface area contributed by atoms with Crippen LogP contribution in [0.4, 0.5) is 0 Å². The molecule has 0 spiro atoms. The Morgan fingerprint density at radius 3 is 2.71 bits per heavy atom. The quantitative estimate of drug-likeness (QED) is 0.687. The highest BCUT2D eigenvalue weighted by Gasteiger charge is 2.22. The third-order valence-corrected chi connectivity index (χ3v) is 2.65. The molecule has 1 heterocycles. The van der Waals surface area contributed by atoms with Crippen molar-refractivity contribution in [2.75, 3.05) is 19.8 Å². The van der Waals surface area contributed by atoms with Gasteiger partial charge in [-0.1, -0.05) is 6.92 Å². The molecular weight excluding hydrogens is 182 g/mol. The van der Waals surface area contributed by atoms with Gasteiger partial charge in [0.15, 0.2) is 0 Å². The van der Waals surface area contributed by atoms with Crippen molar-refractivity contribution >= 4 is 5.91 Å². The molecule has 0 aliphatic carbocycles. The Hall–Kier alpha value is -0.610. The molecule has 0 saturated carbocycles. The fraction of sp³-hybridized carbons (Fsp3) is 0.900. The smallest absolute Gasteiger partial charge is 0.223 e. The Kier molecular flexibility index (Phi) is 4.90. The van der Waals surface area contributed by atoms with Crippen molar-refractivity contribution in [1.29, 1.82) is 0 Å². The van der Waals surface area contributed by atoms with Gasteiger partial charge in [-0.25, -0.2) is 0 Å². The first-order valence-electron chi connectivity index (χ1n) is 5.27. The van der Waals surface area contributed by atoms with Crippen molar-refractivity contribution in [2.24, 2.45) is 5.92 Å². The zero-order valence-corrected chi connectivity index (χ0v) is 8.66. The van der Waals surface area contributed by atoms with E-state index in [2.05, 4.69) is 5.32 Å². The van der Waals surface area contributed by atoms with Crippen LogP contribution in [0.2, 0.25) is 0 Å². The van der Waals surface area contributed by atoms with Crippen LogP contribution in [0.25, 0.3) is 0 Å². The van der Waals surface area contributed by atoms with Crippen molar-refractivity contribution in [3.8, 4) is 0 Å². The minimum atomic E-state index is -0.0923. The molecule has 1 amide bonds. The van der Waals surface area contributed by atoms with Crippen LogP contribution in [0.1, 0.15) is 26.2 Å². The van der Waals surface area contributed by atoms with E-state index in [1.165, 1.54) is 0 Å². The van der Waals surface area contributed by atoms with Crippen LogP contribution in [-0.4, -0.2) is 36.9 Å². The van der Waals surface area contributed by atoms with Crippen molar-refractivity contribution in [1.82, 2.24) is 5.32 Å². The Bertz CT molecular complexity index is 174. The molecule has 1 fully saturated rings. The largest absolute Gasteiger partial charge is 0.394 e. The summed E-state index contributed by atoms with van der Waals surface area (Å²) in [6.45, 7) is 3.32. The maximum atomic E-state index is 11.6. The fourth-order valence-electron chi connectivity index (χ4n) is 1.56. The minimum Gasteiger partial charge on any atom is -0.394 e. The van der Waals surface area contributed by atoms with E-state index >= 15 is 0 Å². The number of carbonyl (C=O) groups excluding carboxylic acids is 1. The Balaban J connectivity index is 2.32. The van der Waals surface area contributed by atoms with Crippen LogP contribution < -0.4 is 5.32 Å². The summed E-state index contributed by atoms with van der Waals surface area (Å²) in [5, 5.41) is 11.8. The zero-order chi connectivity index (χ0) is 10.4. The summed E-state index contributed by atoms with van der Waals surface area (Å²) in [4.78, 5) is 11.6. The van der Waals surface area contributed by atoms with E-state index in [9.17, 15) is 4.79 Å². The van der Waals surface area contributed by atoms with Gasteiger partial charge < -0.3 is 15.2 Å². The van der Waals surface area contributed by atoms with Gasteiger partial charge in [0.25, 0.3) is 0 Å². The average Bonchev–Trinajstić information content (AvgIpc) is 2.26. The van der Waals surface area contributed by atoms with Crippen LogP contribution in [0.5, 0.6) is 0 Å². The van der Waals surface area contributed by atoms with Gasteiger partial charge >= 0.3 is 0 Å². The molecule has 1 atom stereocenters. The van der Waals surface area contributed by atoms with Gasteiger partial charge in [0.2, 0.25) is 5.91 Å². The van der Waals surface area contributed by atoms with Gasteiger partial charge in [0.05, 0.1) is 12.6 Å². The Morgan fingerprint density at radius 1 is 1.57 bits per heavy atom. The maximum absolute atomic E-state index is 11.6. The third-order valence-electron chi connectivity index (χ3n) is 2.65. The van der Waals surface area contributed by atoms with Crippen LogP contribution in [0.3, 0.4) is 0 Å². The second kappa shape index (κ2) is 5.98. The molecule has 1 aliphatic heterocycles. The van der Waals surface area contributed by atoms with Crippen LogP contribution >= 0.6 is 0 Å². The summed E-state index contributed by atoms with van der Waals surface area (Å²) in [6.07, 6.45) is 2.37. The van der Waals surface area contributed by atoms with Gasteiger partial charge in [-0.15, -0.1) is 0 Å².